The molecular formula is C8H7N3. The Hall–Kier alpha value is -1.51. The molecule has 1 aromatic heterocycles. The first-order chi connectivity index (χ1) is 5.47. The second kappa shape index (κ2) is 2.62. The van der Waals surface area contributed by atoms with Crippen molar-refractivity contribution in [1.29, 1.82) is 0 Å². The van der Waals surface area contributed by atoms with Gasteiger partial charge in [0.05, 0.1) is 11.5 Å². The molecule has 0 bridgehead atoms. The van der Waals surface area contributed by atoms with E-state index in [1.54, 1.807) is 12.4 Å². The van der Waals surface area contributed by atoms with Crippen LogP contribution in [0.5, 0.6) is 0 Å². The van der Waals surface area contributed by atoms with Crippen molar-refractivity contribution in [3.05, 3.63) is 22.8 Å². The summed E-state index contributed by atoms with van der Waals surface area (Å²) < 4.78 is 0. The van der Waals surface area contributed by atoms with Crippen LogP contribution < -0.4 is 10.6 Å². The van der Waals surface area contributed by atoms with Gasteiger partial charge >= 0.3 is 0 Å². The lowest BCUT2D eigenvalue weighted by atomic mass is 10.3. The van der Waals surface area contributed by atoms with E-state index in [9.17, 15) is 0 Å². The normalized spacial score (nSPS) is 14.2. The summed E-state index contributed by atoms with van der Waals surface area (Å²) in [5.74, 6) is 0. The summed E-state index contributed by atoms with van der Waals surface area (Å²) in [6.45, 7) is 0. The molecule has 2 heterocycles. The van der Waals surface area contributed by atoms with E-state index in [-0.39, 0.29) is 0 Å². The largest absolute Gasteiger partial charge is 0.268 e. The van der Waals surface area contributed by atoms with Crippen molar-refractivity contribution in [3.63, 3.8) is 0 Å². The Morgan fingerprint density at radius 1 is 1.36 bits per heavy atom. The van der Waals surface area contributed by atoms with Gasteiger partial charge in [0.25, 0.3) is 0 Å². The summed E-state index contributed by atoms with van der Waals surface area (Å²) in [5.41, 5.74) is 0. The third-order valence-electron chi connectivity index (χ3n) is 1.52. The molecule has 11 heavy (non-hydrogen) atoms. The average Bonchev–Trinajstić information content (AvgIpc) is 2.28. The van der Waals surface area contributed by atoms with Gasteiger partial charge in [-0.2, -0.15) is 10.2 Å². The molecule has 1 aliphatic rings. The van der Waals surface area contributed by atoms with Gasteiger partial charge in [-0.1, -0.05) is 6.08 Å². The molecule has 0 saturated carbocycles. The zero-order valence-electron chi connectivity index (χ0n) is 5.94. The molecule has 3 heteroatoms. The number of fused-ring (bicyclic) bond motifs is 1. The van der Waals surface area contributed by atoms with Gasteiger partial charge < -0.3 is 0 Å². The lowest BCUT2D eigenvalue weighted by molar-refractivity contribution is 0.979. The van der Waals surface area contributed by atoms with Crippen LogP contribution in [0.15, 0.2) is 17.3 Å². The Labute approximate surface area is 63.8 Å². The van der Waals surface area contributed by atoms with Crippen molar-refractivity contribution in [2.24, 2.45) is 4.99 Å². The fraction of sp³-hybridized carbons (Fsp3) is 0.125. The van der Waals surface area contributed by atoms with Gasteiger partial charge in [0.2, 0.25) is 0 Å². The first kappa shape index (κ1) is 6.22. The number of rotatable bonds is 0. The van der Waals surface area contributed by atoms with E-state index in [1.807, 2.05) is 18.4 Å². The third kappa shape index (κ3) is 1.17. The summed E-state index contributed by atoms with van der Waals surface area (Å²) in [6, 6.07) is 1.90. The molecule has 0 spiro atoms. The topological polar surface area (TPSA) is 38.1 Å². The van der Waals surface area contributed by atoms with Crippen LogP contribution in [0.2, 0.25) is 0 Å². The van der Waals surface area contributed by atoms with E-state index in [0.717, 1.165) is 17.0 Å². The van der Waals surface area contributed by atoms with Crippen LogP contribution in [0.1, 0.15) is 6.42 Å². The van der Waals surface area contributed by atoms with Crippen LogP contribution >= 0.6 is 0 Å². The smallest absolute Gasteiger partial charge is 0.0909 e. The molecule has 0 aromatic carbocycles. The maximum atomic E-state index is 4.06. The van der Waals surface area contributed by atoms with Crippen LogP contribution in [0.4, 0.5) is 0 Å². The van der Waals surface area contributed by atoms with Crippen LogP contribution in [0.25, 0.3) is 12.3 Å². The van der Waals surface area contributed by atoms with Crippen molar-refractivity contribution in [2.45, 2.75) is 6.42 Å². The summed E-state index contributed by atoms with van der Waals surface area (Å²) in [7, 11) is 0. The molecule has 0 unspecified atom stereocenters. The van der Waals surface area contributed by atoms with Crippen LogP contribution in [-0.4, -0.2) is 16.4 Å². The van der Waals surface area contributed by atoms with E-state index in [0.29, 0.717) is 0 Å². The highest BCUT2D eigenvalue weighted by Gasteiger charge is 1.87. The van der Waals surface area contributed by atoms with Crippen LogP contribution in [-0.2, 0) is 0 Å². The quantitative estimate of drug-likeness (QED) is 0.492. The fourth-order valence-corrected chi connectivity index (χ4v) is 0.978. The average molecular weight is 145 g/mol. The lowest BCUT2D eigenvalue weighted by Gasteiger charge is -1.82. The monoisotopic (exact) mass is 145 g/mol. The molecule has 0 amide bonds. The van der Waals surface area contributed by atoms with Crippen LogP contribution in [0, 0.1) is 0 Å². The number of aliphatic imine (C=N–C) groups is 1. The van der Waals surface area contributed by atoms with E-state index < -0.39 is 0 Å². The standard InChI is InChI=1S/C8H7N3/c1-2-8-7(6-9-4-1)3-5-10-11-8/h2-6H,1H2. The molecule has 0 radical (unpaired) electrons. The van der Waals surface area contributed by atoms with Crippen molar-refractivity contribution in [3.8, 4) is 0 Å². The van der Waals surface area contributed by atoms with Crippen molar-refractivity contribution in [2.75, 3.05) is 0 Å². The highest BCUT2D eigenvalue weighted by Crippen LogP contribution is 1.79. The zero-order valence-corrected chi connectivity index (χ0v) is 5.94. The molecule has 3 nitrogen and oxygen atoms in total. The van der Waals surface area contributed by atoms with Gasteiger partial charge in [0.15, 0.2) is 0 Å². The van der Waals surface area contributed by atoms with Crippen molar-refractivity contribution in [1.82, 2.24) is 10.2 Å². The molecule has 0 fully saturated rings. The second-order valence-corrected chi connectivity index (χ2v) is 2.27. The Bertz CT molecular complexity index is 392. The Balaban J connectivity index is 2.81. The molecule has 0 saturated heterocycles. The predicted molar refractivity (Wildman–Crippen MR) is 43.3 cm³/mol. The van der Waals surface area contributed by atoms with Gasteiger partial charge in [-0.3, -0.25) is 4.99 Å². The van der Waals surface area contributed by atoms with E-state index in [1.165, 1.54) is 0 Å². The Kier molecular flexibility index (Phi) is 1.48. The molecule has 1 aromatic rings. The highest BCUT2D eigenvalue weighted by molar-refractivity contribution is 5.68. The number of hydrogen-bond acceptors (Lipinski definition) is 3. The van der Waals surface area contributed by atoms with Gasteiger partial charge in [-0.05, 0) is 6.07 Å². The summed E-state index contributed by atoms with van der Waals surface area (Å²) in [4.78, 5) is 4.06. The third-order valence-corrected chi connectivity index (χ3v) is 1.52. The molecular weight excluding hydrogens is 138 g/mol. The van der Waals surface area contributed by atoms with Gasteiger partial charge in [0.1, 0.15) is 0 Å². The SMILES string of the molecule is C1=NC=c2ccnnc2=CC1. The first-order valence-corrected chi connectivity index (χ1v) is 3.46. The predicted octanol–water partition coefficient (Wildman–Crippen LogP) is -0.530. The van der Waals surface area contributed by atoms with Crippen molar-refractivity contribution >= 4 is 18.5 Å². The zero-order chi connectivity index (χ0) is 7.52. The minimum atomic E-state index is 0.836. The van der Waals surface area contributed by atoms with Gasteiger partial charge in [-0.25, -0.2) is 0 Å². The van der Waals surface area contributed by atoms with Crippen molar-refractivity contribution < 1.29 is 0 Å². The molecule has 2 rings (SSSR count). The molecule has 1 aliphatic heterocycles. The minimum Gasteiger partial charge on any atom is -0.268 e. The number of hydrogen-bond donors (Lipinski definition) is 0. The molecule has 0 N–H and O–H groups in total. The minimum absolute atomic E-state index is 0.836. The summed E-state index contributed by atoms with van der Waals surface area (Å²) in [5, 5.41) is 9.70. The lowest BCUT2D eigenvalue weighted by Crippen LogP contribution is -2.27. The van der Waals surface area contributed by atoms with Gasteiger partial charge in [0, 0.05) is 24.1 Å². The maximum absolute atomic E-state index is 4.06. The fourth-order valence-electron chi connectivity index (χ4n) is 0.978. The number of nitrogens with zero attached hydrogens (tertiary/aromatic N) is 3. The maximum Gasteiger partial charge on any atom is 0.0909 e. The van der Waals surface area contributed by atoms with E-state index in [4.69, 9.17) is 0 Å². The number of aromatic nitrogens is 2. The Morgan fingerprint density at radius 2 is 2.36 bits per heavy atom. The van der Waals surface area contributed by atoms with E-state index >= 15 is 0 Å². The highest BCUT2D eigenvalue weighted by atomic mass is 15.1. The molecule has 54 valence electrons. The second-order valence-electron chi connectivity index (χ2n) is 2.27. The molecule has 0 atom stereocenters. The Morgan fingerprint density at radius 3 is 3.36 bits per heavy atom. The first-order valence-electron chi connectivity index (χ1n) is 3.46. The van der Waals surface area contributed by atoms with E-state index in [2.05, 4.69) is 15.2 Å². The summed E-state index contributed by atoms with van der Waals surface area (Å²) in [6.07, 6.45) is 8.16. The van der Waals surface area contributed by atoms with Gasteiger partial charge in [-0.15, -0.1) is 0 Å². The summed E-state index contributed by atoms with van der Waals surface area (Å²) >= 11 is 0. The van der Waals surface area contributed by atoms with Crippen LogP contribution in [0.3, 0.4) is 0 Å². The molecule has 0 aliphatic carbocycles.